The molecule has 0 unspecified atom stereocenters. The Morgan fingerprint density at radius 2 is 1.89 bits per heavy atom. The molecule has 0 spiro atoms. The molecule has 1 amide bonds. The molecular formula is C13H20N2O3S. The summed E-state index contributed by atoms with van der Waals surface area (Å²) < 4.78 is 22.2. The van der Waals surface area contributed by atoms with Crippen molar-refractivity contribution >= 4 is 15.9 Å². The fourth-order valence-electron chi connectivity index (χ4n) is 1.72. The Bertz CT molecular complexity index is 523. The summed E-state index contributed by atoms with van der Waals surface area (Å²) in [4.78, 5) is 11.8. The third-order valence-electron chi connectivity index (χ3n) is 2.89. The molecule has 1 aromatic carbocycles. The molecule has 0 heterocycles. The van der Waals surface area contributed by atoms with Crippen molar-refractivity contribution in [2.45, 2.75) is 38.1 Å². The molecule has 6 heteroatoms. The zero-order valence-corrected chi connectivity index (χ0v) is 12.0. The van der Waals surface area contributed by atoms with Crippen LogP contribution in [-0.4, -0.2) is 14.3 Å². The minimum atomic E-state index is -3.66. The van der Waals surface area contributed by atoms with Crippen LogP contribution in [0.2, 0.25) is 0 Å². The minimum absolute atomic E-state index is 0.00584. The third-order valence-corrected chi connectivity index (χ3v) is 3.82. The maximum Gasteiger partial charge on any atom is 0.238 e. The highest BCUT2D eigenvalue weighted by molar-refractivity contribution is 7.89. The van der Waals surface area contributed by atoms with Gasteiger partial charge in [0, 0.05) is 12.5 Å². The first kappa shape index (κ1) is 15.7. The van der Waals surface area contributed by atoms with Gasteiger partial charge in [-0.15, -0.1) is 0 Å². The lowest BCUT2D eigenvalue weighted by Gasteiger charge is -2.11. The fourth-order valence-corrected chi connectivity index (χ4v) is 2.24. The summed E-state index contributed by atoms with van der Waals surface area (Å²) >= 11 is 0. The molecule has 1 rings (SSSR count). The zero-order valence-electron chi connectivity index (χ0n) is 11.2. The molecule has 0 aliphatic rings. The first-order valence-corrected chi connectivity index (χ1v) is 7.78. The third kappa shape index (κ3) is 5.00. The van der Waals surface area contributed by atoms with Crippen LogP contribution in [0.1, 0.15) is 32.3 Å². The highest BCUT2D eigenvalue weighted by atomic mass is 32.2. The van der Waals surface area contributed by atoms with Gasteiger partial charge in [0.2, 0.25) is 15.9 Å². The smallest absolute Gasteiger partial charge is 0.238 e. The van der Waals surface area contributed by atoms with Gasteiger partial charge in [0.1, 0.15) is 0 Å². The second-order valence-electron chi connectivity index (χ2n) is 4.60. The molecule has 0 aromatic heterocycles. The molecule has 19 heavy (non-hydrogen) atoms. The van der Waals surface area contributed by atoms with E-state index in [0.29, 0.717) is 6.54 Å². The Kier molecular flexibility index (Phi) is 5.50. The molecule has 0 aliphatic heterocycles. The van der Waals surface area contributed by atoms with E-state index >= 15 is 0 Å². The van der Waals surface area contributed by atoms with E-state index in [9.17, 15) is 13.2 Å². The second-order valence-corrected chi connectivity index (χ2v) is 6.16. The number of nitrogens with two attached hydrogens (primary N) is 1. The van der Waals surface area contributed by atoms with E-state index in [1.54, 1.807) is 12.1 Å². The van der Waals surface area contributed by atoms with Crippen molar-refractivity contribution in [1.29, 1.82) is 0 Å². The lowest BCUT2D eigenvalue weighted by Crippen LogP contribution is -2.28. The van der Waals surface area contributed by atoms with E-state index < -0.39 is 10.0 Å². The van der Waals surface area contributed by atoms with E-state index in [0.717, 1.165) is 18.4 Å². The maximum atomic E-state index is 11.7. The number of nitrogens with one attached hydrogen (secondary N) is 1. The highest BCUT2D eigenvalue weighted by Gasteiger charge is 2.11. The van der Waals surface area contributed by atoms with Crippen molar-refractivity contribution < 1.29 is 13.2 Å². The Morgan fingerprint density at radius 3 is 2.37 bits per heavy atom. The summed E-state index contributed by atoms with van der Waals surface area (Å²) in [5, 5.41) is 7.83. The molecule has 1 atom stereocenters. The minimum Gasteiger partial charge on any atom is -0.352 e. The number of hydrogen-bond acceptors (Lipinski definition) is 3. The summed E-state index contributed by atoms with van der Waals surface area (Å²) in [6.07, 6.45) is 1.83. The largest absolute Gasteiger partial charge is 0.352 e. The first-order valence-electron chi connectivity index (χ1n) is 6.24. The predicted octanol–water partition coefficient (Wildman–Crippen LogP) is 1.39. The van der Waals surface area contributed by atoms with Gasteiger partial charge in [-0.1, -0.05) is 32.4 Å². The van der Waals surface area contributed by atoms with Crippen molar-refractivity contribution in [2.24, 2.45) is 11.1 Å². The van der Waals surface area contributed by atoms with E-state index in [1.165, 1.54) is 12.1 Å². The van der Waals surface area contributed by atoms with Crippen LogP contribution in [0.25, 0.3) is 0 Å². The lowest BCUT2D eigenvalue weighted by atomic mass is 10.1. The number of rotatable bonds is 6. The van der Waals surface area contributed by atoms with Gasteiger partial charge < -0.3 is 5.32 Å². The number of sulfonamides is 1. The van der Waals surface area contributed by atoms with Gasteiger partial charge in [-0.25, -0.2) is 13.6 Å². The Morgan fingerprint density at radius 1 is 1.32 bits per heavy atom. The predicted molar refractivity (Wildman–Crippen MR) is 73.7 cm³/mol. The van der Waals surface area contributed by atoms with E-state index in [4.69, 9.17) is 5.14 Å². The number of hydrogen-bond donors (Lipinski definition) is 2. The van der Waals surface area contributed by atoms with Crippen molar-refractivity contribution in [3.8, 4) is 0 Å². The molecule has 1 aromatic rings. The van der Waals surface area contributed by atoms with Crippen LogP contribution in [-0.2, 0) is 21.4 Å². The summed E-state index contributed by atoms with van der Waals surface area (Å²) in [5.41, 5.74) is 0.837. The number of carbonyl (C=O) groups is 1. The van der Waals surface area contributed by atoms with Crippen LogP contribution >= 0.6 is 0 Å². The van der Waals surface area contributed by atoms with Crippen LogP contribution in [0, 0.1) is 5.92 Å². The monoisotopic (exact) mass is 284 g/mol. The Balaban J connectivity index is 2.58. The standard InChI is InChI=1S/C13H20N2O3S/c1-3-4-10(2)13(16)15-9-11-5-7-12(8-6-11)19(14,17)18/h5-8,10H,3-4,9H2,1-2H3,(H,15,16)(H2,14,17,18)/t10-/m1/s1. The lowest BCUT2D eigenvalue weighted by molar-refractivity contribution is -0.124. The molecular weight excluding hydrogens is 264 g/mol. The Hall–Kier alpha value is -1.40. The molecule has 5 nitrogen and oxygen atoms in total. The quantitative estimate of drug-likeness (QED) is 0.827. The van der Waals surface area contributed by atoms with E-state index in [-0.39, 0.29) is 16.7 Å². The number of benzene rings is 1. The van der Waals surface area contributed by atoms with Crippen LogP contribution in [0.5, 0.6) is 0 Å². The van der Waals surface area contributed by atoms with Gasteiger partial charge in [-0.05, 0) is 24.1 Å². The first-order chi connectivity index (χ1) is 8.84. The van der Waals surface area contributed by atoms with Gasteiger partial charge >= 0.3 is 0 Å². The summed E-state index contributed by atoms with van der Waals surface area (Å²) in [7, 11) is -3.66. The fraction of sp³-hybridized carbons (Fsp3) is 0.462. The van der Waals surface area contributed by atoms with Gasteiger partial charge in [0.25, 0.3) is 0 Å². The number of primary sulfonamides is 1. The zero-order chi connectivity index (χ0) is 14.5. The van der Waals surface area contributed by atoms with Crippen LogP contribution in [0.15, 0.2) is 29.2 Å². The van der Waals surface area contributed by atoms with Crippen molar-refractivity contribution in [1.82, 2.24) is 5.32 Å². The van der Waals surface area contributed by atoms with Crippen molar-refractivity contribution in [3.63, 3.8) is 0 Å². The molecule has 0 fully saturated rings. The second kappa shape index (κ2) is 6.68. The van der Waals surface area contributed by atoms with Gasteiger partial charge in [0.05, 0.1) is 4.90 Å². The van der Waals surface area contributed by atoms with Gasteiger partial charge in [0.15, 0.2) is 0 Å². The Labute approximate surface area is 114 Å². The molecule has 0 saturated heterocycles. The molecule has 0 aliphatic carbocycles. The SMILES string of the molecule is CCC[C@@H](C)C(=O)NCc1ccc(S(N)(=O)=O)cc1. The van der Waals surface area contributed by atoms with Crippen molar-refractivity contribution in [2.75, 3.05) is 0 Å². The average molecular weight is 284 g/mol. The summed E-state index contributed by atoms with van der Waals surface area (Å²) in [6.45, 7) is 4.32. The van der Waals surface area contributed by atoms with E-state index in [2.05, 4.69) is 5.32 Å². The molecule has 0 bridgehead atoms. The normalized spacial score (nSPS) is 13.0. The summed E-state index contributed by atoms with van der Waals surface area (Å²) in [6, 6.07) is 6.16. The number of carbonyl (C=O) groups excluding carboxylic acids is 1. The average Bonchev–Trinajstić information content (AvgIpc) is 2.35. The van der Waals surface area contributed by atoms with Gasteiger partial charge in [-0.3, -0.25) is 4.79 Å². The molecule has 0 saturated carbocycles. The van der Waals surface area contributed by atoms with E-state index in [1.807, 2.05) is 13.8 Å². The van der Waals surface area contributed by atoms with Crippen LogP contribution in [0.4, 0.5) is 0 Å². The highest BCUT2D eigenvalue weighted by Crippen LogP contribution is 2.09. The molecule has 106 valence electrons. The number of amides is 1. The summed E-state index contributed by atoms with van der Waals surface area (Å²) in [5.74, 6) is 0.00562. The molecule has 3 N–H and O–H groups in total. The maximum absolute atomic E-state index is 11.7. The van der Waals surface area contributed by atoms with Gasteiger partial charge in [-0.2, -0.15) is 0 Å². The topological polar surface area (TPSA) is 89.3 Å². The molecule has 0 radical (unpaired) electrons. The van der Waals surface area contributed by atoms with Crippen LogP contribution in [0.3, 0.4) is 0 Å². The van der Waals surface area contributed by atoms with Crippen molar-refractivity contribution in [3.05, 3.63) is 29.8 Å². The van der Waals surface area contributed by atoms with Crippen LogP contribution < -0.4 is 10.5 Å².